The van der Waals surface area contributed by atoms with Crippen molar-refractivity contribution in [1.82, 2.24) is 9.97 Å². The van der Waals surface area contributed by atoms with Gasteiger partial charge in [0, 0.05) is 21.5 Å². The first-order valence-corrected chi connectivity index (χ1v) is 15.5. The summed E-state index contributed by atoms with van der Waals surface area (Å²) < 4.78 is 23.7. The number of ether oxygens (including phenoxy) is 4. The molecule has 9 rings (SSSR count). The Hall–Kier alpha value is -3.88. The molecule has 0 amide bonds. The highest BCUT2D eigenvalue weighted by molar-refractivity contribution is 7.14. The summed E-state index contributed by atoms with van der Waals surface area (Å²) in [5.41, 5.74) is 6.45. The largest absolute Gasteiger partial charge is 0.485 e. The minimum absolute atomic E-state index is 0.572. The first-order chi connectivity index (χ1) is 19.8. The molecule has 0 N–H and O–H groups in total. The Morgan fingerprint density at radius 2 is 1.02 bits per heavy atom. The van der Waals surface area contributed by atoms with Crippen LogP contribution in [0.25, 0.3) is 53.5 Å². The third-order valence-electron chi connectivity index (χ3n) is 8.09. The second-order valence-corrected chi connectivity index (χ2v) is 12.2. The van der Waals surface area contributed by atoms with Gasteiger partial charge in [-0.25, -0.2) is 9.97 Å². The quantitative estimate of drug-likeness (QED) is 0.200. The predicted molar refractivity (Wildman–Crippen MR) is 160 cm³/mol. The average Bonchev–Trinajstić information content (AvgIpc) is 3.65. The van der Waals surface area contributed by atoms with Crippen molar-refractivity contribution in [2.45, 2.75) is 25.7 Å². The van der Waals surface area contributed by atoms with E-state index >= 15 is 0 Å². The molecule has 0 saturated carbocycles. The maximum absolute atomic E-state index is 6.02. The smallest absolute Gasteiger partial charge is 0.179 e. The van der Waals surface area contributed by atoms with Crippen LogP contribution in [0.5, 0.6) is 23.0 Å². The lowest BCUT2D eigenvalue weighted by Gasteiger charge is -2.19. The van der Waals surface area contributed by atoms with Crippen molar-refractivity contribution in [3.8, 4) is 43.9 Å². The summed E-state index contributed by atoms with van der Waals surface area (Å²) >= 11 is 3.33. The van der Waals surface area contributed by atoms with E-state index in [1.807, 2.05) is 10.8 Å². The van der Waals surface area contributed by atoms with Crippen LogP contribution in [0.15, 0.2) is 47.2 Å². The van der Waals surface area contributed by atoms with E-state index in [1.54, 1.807) is 22.7 Å². The molecule has 0 atom stereocenters. The summed E-state index contributed by atoms with van der Waals surface area (Å²) in [6, 6.07) is 13.4. The number of hydrogen-bond acceptors (Lipinski definition) is 8. The van der Waals surface area contributed by atoms with Gasteiger partial charge in [0.1, 0.15) is 26.4 Å². The van der Waals surface area contributed by atoms with Gasteiger partial charge in [-0.3, -0.25) is 0 Å². The first-order valence-electron chi connectivity index (χ1n) is 13.8. The molecule has 0 spiro atoms. The zero-order valence-corrected chi connectivity index (χ0v) is 23.3. The molecule has 8 heteroatoms. The molecule has 0 unspecified atom stereocenters. The minimum Gasteiger partial charge on any atom is -0.485 e. The highest BCUT2D eigenvalue weighted by Gasteiger charge is 2.24. The SMILES string of the molecule is c1cc2c3ccc(-c4scc5c4OCCO5)cc3c3nc4c(nc3c2cc1-c1scc2c1OCCO2)CCCC4. The standard InChI is InChI=1S/C32H24N2O4S2/c1-2-4-24-23(3-1)33-27-21-13-17(31-29-25(15-39-31)35-9-11-37-29)5-7-19(21)20-8-6-18(14-22(20)28(27)34-24)32-30-26(16-40-32)36-10-12-38-30/h5-8,13-16H,1-4,9-12H2. The second kappa shape index (κ2) is 8.81. The summed E-state index contributed by atoms with van der Waals surface area (Å²) in [4.78, 5) is 12.8. The predicted octanol–water partition coefficient (Wildman–Crippen LogP) is 7.81. The van der Waals surface area contributed by atoms with Gasteiger partial charge in [0.2, 0.25) is 0 Å². The average molecular weight is 565 g/mol. The lowest BCUT2D eigenvalue weighted by atomic mass is 9.94. The molecular weight excluding hydrogens is 540 g/mol. The molecule has 2 aliphatic heterocycles. The first kappa shape index (κ1) is 22.9. The molecule has 0 saturated heterocycles. The summed E-state index contributed by atoms with van der Waals surface area (Å²) in [7, 11) is 0. The molecular formula is C32H24N2O4S2. The Bertz CT molecular complexity index is 1850. The van der Waals surface area contributed by atoms with Crippen LogP contribution in [0.2, 0.25) is 0 Å². The maximum atomic E-state index is 6.02. The van der Waals surface area contributed by atoms with E-state index in [9.17, 15) is 0 Å². The lowest BCUT2D eigenvalue weighted by Crippen LogP contribution is -2.14. The van der Waals surface area contributed by atoms with Crippen LogP contribution in [-0.4, -0.2) is 36.4 Å². The van der Waals surface area contributed by atoms with Crippen LogP contribution >= 0.6 is 22.7 Å². The van der Waals surface area contributed by atoms with Crippen molar-refractivity contribution in [1.29, 1.82) is 0 Å². The summed E-state index contributed by atoms with van der Waals surface area (Å²) in [5, 5.41) is 8.69. The number of benzene rings is 3. The van der Waals surface area contributed by atoms with Crippen molar-refractivity contribution in [2.24, 2.45) is 0 Å². The molecule has 3 aromatic heterocycles. The third-order valence-corrected chi connectivity index (χ3v) is 10.1. The fraction of sp³-hybridized carbons (Fsp3) is 0.250. The van der Waals surface area contributed by atoms with Crippen molar-refractivity contribution in [3.63, 3.8) is 0 Å². The van der Waals surface area contributed by atoms with Crippen molar-refractivity contribution in [2.75, 3.05) is 26.4 Å². The number of nitrogens with zero attached hydrogens (tertiary/aromatic N) is 2. The van der Waals surface area contributed by atoms with Crippen molar-refractivity contribution in [3.05, 3.63) is 58.5 Å². The van der Waals surface area contributed by atoms with Crippen LogP contribution < -0.4 is 18.9 Å². The second-order valence-electron chi connectivity index (χ2n) is 10.5. The topological polar surface area (TPSA) is 62.7 Å². The number of fused-ring (bicyclic) bond motifs is 9. The van der Waals surface area contributed by atoms with Gasteiger partial charge in [-0.05, 0) is 59.7 Å². The van der Waals surface area contributed by atoms with Gasteiger partial charge in [-0.15, -0.1) is 22.7 Å². The number of thiophene rings is 2. The number of aromatic nitrogens is 2. The molecule has 0 fully saturated rings. The molecule has 6 nitrogen and oxygen atoms in total. The van der Waals surface area contributed by atoms with E-state index in [2.05, 4.69) is 36.4 Å². The summed E-state index contributed by atoms with van der Waals surface area (Å²) in [6.45, 7) is 2.33. The molecule has 3 aliphatic rings. The Kier molecular flexibility index (Phi) is 5.04. The van der Waals surface area contributed by atoms with Gasteiger partial charge in [-0.2, -0.15) is 0 Å². The normalized spacial score (nSPS) is 16.0. The van der Waals surface area contributed by atoms with Gasteiger partial charge in [-0.1, -0.05) is 24.3 Å². The van der Waals surface area contributed by atoms with E-state index in [0.717, 1.165) is 89.9 Å². The van der Waals surface area contributed by atoms with Gasteiger partial charge in [0.05, 0.1) is 32.2 Å². The molecule has 0 radical (unpaired) electrons. The highest BCUT2D eigenvalue weighted by Crippen LogP contribution is 2.49. The Balaban J connectivity index is 1.32. The molecule has 1 aliphatic carbocycles. The highest BCUT2D eigenvalue weighted by atomic mass is 32.1. The minimum atomic E-state index is 0.572. The third kappa shape index (κ3) is 3.39. The van der Waals surface area contributed by atoms with Gasteiger partial charge >= 0.3 is 0 Å². The summed E-state index contributed by atoms with van der Waals surface area (Å²) in [6.07, 6.45) is 4.30. The Morgan fingerprint density at radius 3 is 1.52 bits per heavy atom. The number of hydrogen-bond donors (Lipinski definition) is 0. The van der Waals surface area contributed by atoms with E-state index in [-0.39, 0.29) is 0 Å². The van der Waals surface area contributed by atoms with Gasteiger partial charge < -0.3 is 18.9 Å². The van der Waals surface area contributed by atoms with Gasteiger partial charge in [0.15, 0.2) is 23.0 Å². The molecule has 40 heavy (non-hydrogen) atoms. The fourth-order valence-electron chi connectivity index (χ4n) is 6.22. The number of aryl methyl sites for hydroxylation is 2. The monoisotopic (exact) mass is 564 g/mol. The van der Waals surface area contributed by atoms with Crippen LogP contribution in [0.1, 0.15) is 24.2 Å². The van der Waals surface area contributed by atoms with Crippen LogP contribution in [0.4, 0.5) is 0 Å². The molecule has 6 aromatic rings. The number of rotatable bonds is 2. The zero-order chi connectivity index (χ0) is 26.2. The Labute approximate surface area is 238 Å². The van der Waals surface area contributed by atoms with Crippen LogP contribution in [0.3, 0.4) is 0 Å². The van der Waals surface area contributed by atoms with E-state index in [1.165, 1.54) is 23.6 Å². The van der Waals surface area contributed by atoms with E-state index in [0.29, 0.717) is 26.4 Å². The van der Waals surface area contributed by atoms with Crippen molar-refractivity contribution >= 4 is 55.3 Å². The van der Waals surface area contributed by atoms with Gasteiger partial charge in [0.25, 0.3) is 0 Å². The van der Waals surface area contributed by atoms with E-state index < -0.39 is 0 Å². The lowest BCUT2D eigenvalue weighted by molar-refractivity contribution is 0.174. The fourth-order valence-corrected chi connectivity index (χ4v) is 8.08. The summed E-state index contributed by atoms with van der Waals surface area (Å²) in [5.74, 6) is 3.36. The van der Waals surface area contributed by atoms with E-state index in [4.69, 9.17) is 28.9 Å². The maximum Gasteiger partial charge on any atom is 0.179 e. The molecule has 3 aromatic carbocycles. The Morgan fingerprint density at radius 1 is 0.550 bits per heavy atom. The molecule has 198 valence electrons. The zero-order valence-electron chi connectivity index (χ0n) is 21.6. The molecule has 5 heterocycles. The van der Waals surface area contributed by atoms with Crippen LogP contribution in [-0.2, 0) is 12.8 Å². The van der Waals surface area contributed by atoms with Crippen LogP contribution in [0, 0.1) is 0 Å². The molecule has 0 bridgehead atoms. The van der Waals surface area contributed by atoms with Crippen molar-refractivity contribution < 1.29 is 18.9 Å².